The van der Waals surface area contributed by atoms with Gasteiger partial charge in [0.15, 0.2) is 0 Å². The van der Waals surface area contributed by atoms with E-state index in [0.717, 1.165) is 47.3 Å². The van der Waals surface area contributed by atoms with E-state index < -0.39 is 0 Å². The molecule has 8 nitrogen and oxygen atoms in total. The number of H-pyrrole nitrogens is 1. The number of aryl methyl sites for hydroxylation is 2. The topological polar surface area (TPSA) is 94.3 Å². The zero-order valence-corrected chi connectivity index (χ0v) is 17.2. The van der Waals surface area contributed by atoms with Gasteiger partial charge in [-0.15, -0.1) is 10.2 Å². The fourth-order valence-electron chi connectivity index (χ4n) is 3.62. The van der Waals surface area contributed by atoms with Crippen LogP contribution in [0.5, 0.6) is 0 Å². The van der Waals surface area contributed by atoms with E-state index in [1.54, 1.807) is 11.6 Å². The molecule has 0 radical (unpaired) electrons. The lowest BCUT2D eigenvalue weighted by molar-refractivity contribution is 0.648. The molecule has 0 saturated heterocycles. The average molecular weight is 403 g/mol. The summed E-state index contributed by atoms with van der Waals surface area (Å²) in [5.41, 5.74) is 4.69. The number of nitrogens with zero attached hydrogens (tertiary/aromatic N) is 6. The Labute approximate surface area is 174 Å². The Morgan fingerprint density at radius 2 is 1.90 bits per heavy atom. The third kappa shape index (κ3) is 4.07. The van der Waals surface area contributed by atoms with Gasteiger partial charge < -0.3 is 4.57 Å². The average Bonchev–Trinajstić information content (AvgIpc) is 3.39. The molecule has 30 heavy (non-hydrogen) atoms. The van der Waals surface area contributed by atoms with Crippen molar-refractivity contribution in [3.63, 3.8) is 0 Å². The molecule has 4 rings (SSSR count). The molecule has 0 aliphatic rings. The molecule has 0 bridgehead atoms. The second-order valence-electron chi connectivity index (χ2n) is 7.39. The highest BCUT2D eigenvalue weighted by Gasteiger charge is 2.13. The standard InChI is InChI=1S/C22H25N7O/c1-3-4-5-8-17-15-28(2)22(30)29(17)14-16-11-12-20(23-13-16)18-9-6-7-10-19(18)21-24-26-27-25-21/h6-7,9-13,15H,3-5,8,14H2,1-2H3,(H,24,25,26,27). The number of imidazole rings is 1. The summed E-state index contributed by atoms with van der Waals surface area (Å²) in [5.74, 6) is 0.532. The van der Waals surface area contributed by atoms with Crippen LogP contribution >= 0.6 is 0 Å². The van der Waals surface area contributed by atoms with Crippen molar-refractivity contribution < 1.29 is 0 Å². The Bertz CT molecular complexity index is 1160. The Balaban J connectivity index is 1.59. The lowest BCUT2D eigenvalue weighted by Crippen LogP contribution is -2.24. The first-order valence-electron chi connectivity index (χ1n) is 10.2. The minimum Gasteiger partial charge on any atom is -0.302 e. The molecule has 0 aliphatic heterocycles. The van der Waals surface area contributed by atoms with E-state index in [9.17, 15) is 4.79 Å². The number of aromatic amines is 1. The molecule has 0 aliphatic carbocycles. The van der Waals surface area contributed by atoms with Gasteiger partial charge in [0, 0.05) is 36.3 Å². The van der Waals surface area contributed by atoms with Gasteiger partial charge >= 0.3 is 5.69 Å². The molecule has 8 heteroatoms. The lowest BCUT2D eigenvalue weighted by Gasteiger charge is -2.09. The molecule has 154 valence electrons. The van der Waals surface area contributed by atoms with Crippen molar-refractivity contribution in [1.29, 1.82) is 0 Å². The van der Waals surface area contributed by atoms with Gasteiger partial charge in [-0.3, -0.25) is 9.55 Å². The van der Waals surface area contributed by atoms with E-state index in [4.69, 9.17) is 0 Å². The first-order chi connectivity index (χ1) is 14.7. The fourth-order valence-corrected chi connectivity index (χ4v) is 3.62. The SMILES string of the molecule is CCCCCc1cn(C)c(=O)n1Cc1ccc(-c2ccccc2-c2nn[nH]n2)nc1. The maximum atomic E-state index is 12.6. The zero-order valence-electron chi connectivity index (χ0n) is 17.2. The molecule has 3 aromatic heterocycles. The van der Waals surface area contributed by atoms with E-state index in [1.165, 1.54) is 6.42 Å². The molecule has 0 saturated carbocycles. The van der Waals surface area contributed by atoms with Gasteiger partial charge in [-0.05, 0) is 29.7 Å². The van der Waals surface area contributed by atoms with Crippen molar-refractivity contribution in [2.75, 3.05) is 0 Å². The molecular weight excluding hydrogens is 378 g/mol. The Morgan fingerprint density at radius 1 is 1.07 bits per heavy atom. The summed E-state index contributed by atoms with van der Waals surface area (Å²) in [6.45, 7) is 2.70. The van der Waals surface area contributed by atoms with Crippen LogP contribution in [-0.2, 0) is 20.0 Å². The van der Waals surface area contributed by atoms with Gasteiger partial charge in [-0.25, -0.2) is 4.79 Å². The molecule has 0 unspecified atom stereocenters. The summed E-state index contributed by atoms with van der Waals surface area (Å²) in [6.07, 6.45) is 8.10. The van der Waals surface area contributed by atoms with Crippen LogP contribution < -0.4 is 5.69 Å². The fraction of sp³-hybridized carbons (Fsp3) is 0.318. The number of rotatable bonds is 8. The molecule has 0 amide bonds. The molecule has 0 fully saturated rings. The molecule has 0 spiro atoms. The van der Waals surface area contributed by atoms with Crippen molar-refractivity contribution in [3.8, 4) is 22.6 Å². The first-order valence-corrected chi connectivity index (χ1v) is 10.2. The zero-order chi connectivity index (χ0) is 20.9. The minimum absolute atomic E-state index is 0.00743. The summed E-state index contributed by atoms with van der Waals surface area (Å²) in [6, 6.07) is 11.8. The second kappa shape index (κ2) is 8.86. The van der Waals surface area contributed by atoms with E-state index in [-0.39, 0.29) is 5.69 Å². The third-order valence-corrected chi connectivity index (χ3v) is 5.21. The van der Waals surface area contributed by atoms with Crippen LogP contribution in [0.25, 0.3) is 22.6 Å². The van der Waals surface area contributed by atoms with E-state index in [0.29, 0.717) is 12.4 Å². The monoisotopic (exact) mass is 403 g/mol. The molecule has 1 aromatic carbocycles. The predicted molar refractivity (Wildman–Crippen MR) is 115 cm³/mol. The molecule has 1 N–H and O–H groups in total. The first kappa shape index (κ1) is 19.8. The lowest BCUT2D eigenvalue weighted by atomic mass is 10.0. The number of unbranched alkanes of at least 4 members (excludes halogenated alkanes) is 2. The molecular formula is C22H25N7O. The quantitative estimate of drug-likeness (QED) is 0.456. The van der Waals surface area contributed by atoms with Crippen LogP contribution in [-0.4, -0.2) is 34.7 Å². The number of pyridine rings is 1. The van der Waals surface area contributed by atoms with Crippen molar-refractivity contribution in [3.05, 3.63) is 70.5 Å². The highest BCUT2D eigenvalue weighted by Crippen LogP contribution is 2.28. The van der Waals surface area contributed by atoms with Crippen LogP contribution in [0.2, 0.25) is 0 Å². The van der Waals surface area contributed by atoms with Crippen molar-refractivity contribution in [1.82, 2.24) is 34.7 Å². The van der Waals surface area contributed by atoms with Crippen LogP contribution in [0, 0.1) is 0 Å². The summed E-state index contributed by atoms with van der Waals surface area (Å²) in [4.78, 5) is 17.2. The third-order valence-electron chi connectivity index (χ3n) is 5.21. The van der Waals surface area contributed by atoms with E-state index in [1.807, 2.05) is 53.4 Å². The Hall–Kier alpha value is -3.55. The molecule has 0 atom stereocenters. The highest BCUT2D eigenvalue weighted by atomic mass is 16.1. The summed E-state index contributed by atoms with van der Waals surface area (Å²) in [5, 5.41) is 14.3. The highest BCUT2D eigenvalue weighted by molar-refractivity contribution is 5.78. The molecule has 3 heterocycles. The van der Waals surface area contributed by atoms with Crippen molar-refractivity contribution in [2.24, 2.45) is 7.05 Å². The number of hydrogen-bond donors (Lipinski definition) is 1. The van der Waals surface area contributed by atoms with Gasteiger partial charge in [0.2, 0.25) is 5.82 Å². The van der Waals surface area contributed by atoms with E-state index in [2.05, 4.69) is 32.5 Å². The normalized spacial score (nSPS) is 11.1. The predicted octanol–water partition coefficient (Wildman–Crippen LogP) is 3.21. The smallest absolute Gasteiger partial charge is 0.302 e. The maximum Gasteiger partial charge on any atom is 0.328 e. The number of nitrogens with one attached hydrogen (secondary N) is 1. The number of tetrazole rings is 1. The largest absolute Gasteiger partial charge is 0.328 e. The van der Waals surface area contributed by atoms with Crippen molar-refractivity contribution in [2.45, 2.75) is 39.2 Å². The van der Waals surface area contributed by atoms with Crippen LogP contribution in [0.4, 0.5) is 0 Å². The van der Waals surface area contributed by atoms with E-state index >= 15 is 0 Å². The van der Waals surface area contributed by atoms with Crippen LogP contribution in [0.15, 0.2) is 53.6 Å². The number of benzene rings is 1. The van der Waals surface area contributed by atoms with Crippen LogP contribution in [0.1, 0.15) is 37.4 Å². The summed E-state index contributed by atoms with van der Waals surface area (Å²) in [7, 11) is 1.80. The van der Waals surface area contributed by atoms with Gasteiger partial charge in [0.25, 0.3) is 0 Å². The Morgan fingerprint density at radius 3 is 2.60 bits per heavy atom. The van der Waals surface area contributed by atoms with Gasteiger partial charge in [0.1, 0.15) is 0 Å². The van der Waals surface area contributed by atoms with Gasteiger partial charge in [0.05, 0.1) is 12.2 Å². The Kier molecular flexibility index (Phi) is 5.83. The number of aromatic nitrogens is 7. The number of hydrogen-bond acceptors (Lipinski definition) is 5. The second-order valence-corrected chi connectivity index (χ2v) is 7.39. The summed E-state index contributed by atoms with van der Waals surface area (Å²) < 4.78 is 3.50. The minimum atomic E-state index is 0.00743. The van der Waals surface area contributed by atoms with Crippen molar-refractivity contribution >= 4 is 0 Å². The summed E-state index contributed by atoms with van der Waals surface area (Å²) >= 11 is 0. The van der Waals surface area contributed by atoms with Gasteiger partial charge in [-0.1, -0.05) is 50.1 Å². The molecule has 4 aromatic rings. The van der Waals surface area contributed by atoms with Crippen LogP contribution in [0.3, 0.4) is 0 Å². The van der Waals surface area contributed by atoms with Gasteiger partial charge in [-0.2, -0.15) is 5.21 Å². The maximum absolute atomic E-state index is 12.6.